The Labute approximate surface area is 160 Å². The predicted octanol–water partition coefficient (Wildman–Crippen LogP) is 2.80. The first-order valence-corrected chi connectivity index (χ1v) is 8.92. The molecule has 3 N–H and O–H groups in total. The van der Waals surface area contributed by atoms with E-state index in [1.165, 1.54) is 4.52 Å². The van der Waals surface area contributed by atoms with Gasteiger partial charge in [0, 0.05) is 18.3 Å². The number of nitrogens with zero attached hydrogens (tertiary/aromatic N) is 5. The van der Waals surface area contributed by atoms with Crippen molar-refractivity contribution in [1.29, 1.82) is 5.26 Å². The number of fused-ring (bicyclic) bond motifs is 1. The molecule has 28 heavy (non-hydrogen) atoms. The van der Waals surface area contributed by atoms with Crippen LogP contribution in [0, 0.1) is 23.0 Å². The molecule has 2 aromatic heterocycles. The van der Waals surface area contributed by atoms with Gasteiger partial charge in [-0.3, -0.25) is 0 Å². The van der Waals surface area contributed by atoms with Gasteiger partial charge in [-0.15, -0.1) is 5.10 Å². The second-order valence-corrected chi connectivity index (χ2v) is 6.15. The van der Waals surface area contributed by atoms with Gasteiger partial charge < -0.3 is 15.7 Å². The van der Waals surface area contributed by atoms with Crippen molar-refractivity contribution in [2.24, 2.45) is 0 Å². The van der Waals surface area contributed by atoms with Crippen LogP contribution in [0.15, 0.2) is 30.5 Å². The highest BCUT2D eigenvalue weighted by Crippen LogP contribution is 2.37. The largest absolute Gasteiger partial charge is 0.391 e. The molecule has 0 spiro atoms. The van der Waals surface area contributed by atoms with E-state index in [4.69, 9.17) is 5.73 Å². The number of aromatic nitrogens is 3. The van der Waals surface area contributed by atoms with E-state index < -0.39 is 23.8 Å². The highest BCUT2D eigenvalue weighted by molar-refractivity contribution is 5.67. The number of hydrogen-bond acceptors (Lipinski definition) is 6. The number of anilines is 2. The van der Waals surface area contributed by atoms with Crippen LogP contribution in [0.3, 0.4) is 0 Å². The number of nitrogens with two attached hydrogens (primary N) is 1. The molecule has 146 valence electrons. The number of rotatable bonds is 2. The van der Waals surface area contributed by atoms with E-state index in [0.29, 0.717) is 5.82 Å². The first-order valence-electron chi connectivity index (χ1n) is 8.92. The number of β-amino-alcohol motifs (C(OH)–C–C–N with tert-alkyl or cyclic N) is 1. The van der Waals surface area contributed by atoms with Crippen molar-refractivity contribution in [3.05, 3.63) is 53.2 Å². The molecule has 0 amide bonds. The molecule has 1 aliphatic rings. The molecule has 0 aliphatic carbocycles. The summed E-state index contributed by atoms with van der Waals surface area (Å²) in [4.78, 5) is 6.10. The van der Waals surface area contributed by atoms with E-state index in [2.05, 4.69) is 10.1 Å². The van der Waals surface area contributed by atoms with Crippen molar-refractivity contribution in [2.75, 3.05) is 17.2 Å². The van der Waals surface area contributed by atoms with E-state index in [1.54, 1.807) is 17.2 Å². The summed E-state index contributed by atoms with van der Waals surface area (Å²) in [7, 11) is 0. The van der Waals surface area contributed by atoms with Crippen LogP contribution in [0.4, 0.5) is 20.4 Å². The first-order chi connectivity index (χ1) is 13.5. The minimum Gasteiger partial charge on any atom is -0.391 e. The van der Waals surface area contributed by atoms with E-state index in [9.17, 15) is 19.1 Å². The third kappa shape index (κ3) is 3.34. The van der Waals surface area contributed by atoms with Crippen LogP contribution in [0.25, 0.3) is 5.65 Å². The number of benzene rings is 1. The minimum atomic E-state index is -0.717. The van der Waals surface area contributed by atoms with Gasteiger partial charge in [0.25, 0.3) is 0 Å². The SMILES string of the molecule is CC.N#Cc1c(N)nn2ccc(N3CC(O)CC3c3cc(F)ccc3F)nc12. The molecule has 4 rings (SSSR count). The molecular weight excluding hydrogens is 366 g/mol. The van der Waals surface area contributed by atoms with E-state index in [1.807, 2.05) is 19.9 Å². The lowest BCUT2D eigenvalue weighted by Gasteiger charge is -2.26. The molecule has 1 fully saturated rings. The number of halogens is 2. The molecule has 1 aliphatic heterocycles. The Balaban J connectivity index is 0.00000109. The molecule has 0 saturated carbocycles. The van der Waals surface area contributed by atoms with Crippen LogP contribution >= 0.6 is 0 Å². The summed E-state index contributed by atoms with van der Waals surface area (Å²) in [6, 6.07) is 6.24. The number of hydrogen-bond donors (Lipinski definition) is 2. The van der Waals surface area contributed by atoms with Gasteiger partial charge >= 0.3 is 0 Å². The van der Waals surface area contributed by atoms with Crippen molar-refractivity contribution < 1.29 is 13.9 Å². The maximum atomic E-state index is 14.2. The Kier molecular flexibility index (Phi) is 5.42. The maximum Gasteiger partial charge on any atom is 0.177 e. The lowest BCUT2D eigenvalue weighted by Crippen LogP contribution is -2.26. The Morgan fingerprint density at radius 3 is 2.75 bits per heavy atom. The third-order valence-electron chi connectivity index (χ3n) is 4.50. The summed E-state index contributed by atoms with van der Waals surface area (Å²) in [6.45, 7) is 4.20. The Hall–Kier alpha value is -3.25. The van der Waals surface area contributed by atoms with Crippen molar-refractivity contribution in [1.82, 2.24) is 14.6 Å². The van der Waals surface area contributed by atoms with Crippen LogP contribution in [0.5, 0.6) is 0 Å². The lowest BCUT2D eigenvalue weighted by molar-refractivity contribution is 0.194. The van der Waals surface area contributed by atoms with Crippen molar-refractivity contribution >= 4 is 17.3 Å². The fourth-order valence-electron chi connectivity index (χ4n) is 3.34. The van der Waals surface area contributed by atoms with Crippen LogP contribution in [0.2, 0.25) is 0 Å². The highest BCUT2D eigenvalue weighted by Gasteiger charge is 2.35. The zero-order valence-corrected chi connectivity index (χ0v) is 15.5. The summed E-state index contributed by atoms with van der Waals surface area (Å²) in [6.07, 6.45) is 1.10. The van der Waals surface area contributed by atoms with Crippen molar-refractivity contribution in [3.8, 4) is 6.07 Å². The molecule has 7 nitrogen and oxygen atoms in total. The van der Waals surface area contributed by atoms with Gasteiger partial charge in [-0.05, 0) is 30.7 Å². The van der Waals surface area contributed by atoms with Gasteiger partial charge in [-0.25, -0.2) is 18.3 Å². The zero-order chi connectivity index (χ0) is 20.4. The van der Waals surface area contributed by atoms with Crippen LogP contribution in [-0.2, 0) is 0 Å². The van der Waals surface area contributed by atoms with E-state index in [-0.39, 0.29) is 35.6 Å². The average Bonchev–Trinajstić information content (AvgIpc) is 3.23. The first kappa shape index (κ1) is 19.5. The molecule has 0 radical (unpaired) electrons. The van der Waals surface area contributed by atoms with E-state index in [0.717, 1.165) is 18.2 Å². The number of nitriles is 1. The van der Waals surface area contributed by atoms with Crippen LogP contribution in [0.1, 0.15) is 37.4 Å². The monoisotopic (exact) mass is 386 g/mol. The van der Waals surface area contributed by atoms with Crippen molar-refractivity contribution in [2.45, 2.75) is 32.4 Å². The molecule has 2 atom stereocenters. The summed E-state index contributed by atoms with van der Waals surface area (Å²) in [5, 5.41) is 23.3. The quantitative estimate of drug-likeness (QED) is 0.702. The molecule has 0 bridgehead atoms. The summed E-state index contributed by atoms with van der Waals surface area (Å²) in [5.74, 6) is -0.630. The molecule has 1 aromatic carbocycles. The molecule has 3 heterocycles. The molecular formula is C19H20F2N6O. The van der Waals surface area contributed by atoms with Crippen LogP contribution in [-0.4, -0.2) is 32.4 Å². The normalized spacial score (nSPS) is 18.6. The summed E-state index contributed by atoms with van der Waals surface area (Å²) >= 11 is 0. The number of nitrogen functional groups attached to an aromatic ring is 1. The fourth-order valence-corrected chi connectivity index (χ4v) is 3.34. The predicted molar refractivity (Wildman–Crippen MR) is 101 cm³/mol. The average molecular weight is 386 g/mol. The van der Waals surface area contributed by atoms with E-state index >= 15 is 0 Å². The minimum absolute atomic E-state index is 0.0614. The number of aliphatic hydroxyl groups excluding tert-OH is 1. The highest BCUT2D eigenvalue weighted by atomic mass is 19.1. The second-order valence-electron chi connectivity index (χ2n) is 6.15. The van der Waals surface area contributed by atoms with Gasteiger partial charge in [-0.2, -0.15) is 5.26 Å². The zero-order valence-electron chi connectivity index (χ0n) is 15.5. The smallest absolute Gasteiger partial charge is 0.177 e. The fraction of sp³-hybridized carbons (Fsp3) is 0.316. The molecule has 1 saturated heterocycles. The topological polar surface area (TPSA) is 103 Å². The Morgan fingerprint density at radius 1 is 1.29 bits per heavy atom. The summed E-state index contributed by atoms with van der Waals surface area (Å²) in [5.41, 5.74) is 6.26. The third-order valence-corrected chi connectivity index (χ3v) is 4.50. The summed E-state index contributed by atoms with van der Waals surface area (Å²) < 4.78 is 29.2. The maximum absolute atomic E-state index is 14.2. The van der Waals surface area contributed by atoms with Gasteiger partial charge in [0.1, 0.15) is 29.1 Å². The molecule has 9 heteroatoms. The van der Waals surface area contributed by atoms with Gasteiger partial charge in [0.15, 0.2) is 11.5 Å². The van der Waals surface area contributed by atoms with Crippen LogP contribution < -0.4 is 10.6 Å². The standard InChI is InChI=1S/C17H14F2N6O.C2H6/c18-9-1-2-13(19)11(5-9)14-6-10(26)8-24(14)15-3-4-25-17(22-15)12(7-20)16(21)23-25;1-2/h1-5,10,14,26H,6,8H2,(H2,21,23);1-2H3. The number of aliphatic hydroxyl groups is 1. The second kappa shape index (κ2) is 7.78. The Bertz CT molecular complexity index is 1040. The van der Waals surface area contributed by atoms with Gasteiger partial charge in [0.05, 0.1) is 12.1 Å². The Morgan fingerprint density at radius 2 is 2.04 bits per heavy atom. The van der Waals surface area contributed by atoms with Crippen molar-refractivity contribution in [3.63, 3.8) is 0 Å². The van der Waals surface area contributed by atoms with Gasteiger partial charge in [-0.1, -0.05) is 13.8 Å². The lowest BCUT2D eigenvalue weighted by atomic mass is 10.0. The van der Waals surface area contributed by atoms with Gasteiger partial charge in [0.2, 0.25) is 0 Å². The molecule has 3 aromatic rings. The molecule has 2 unspecified atom stereocenters.